The molecule has 4 nitrogen and oxygen atoms in total. The third-order valence-corrected chi connectivity index (χ3v) is 4.54. The molecule has 6 heteroatoms. The Kier molecular flexibility index (Phi) is 4.36. The van der Waals surface area contributed by atoms with Crippen LogP contribution in [-0.4, -0.2) is 48.5 Å². The average Bonchev–Trinajstić information content (AvgIpc) is 2.54. The van der Waals surface area contributed by atoms with Gasteiger partial charge in [-0.05, 0) is 12.8 Å². The highest BCUT2D eigenvalue weighted by atomic mass is 79.9. The fourth-order valence-corrected chi connectivity index (χ4v) is 3.72. The van der Waals surface area contributed by atoms with Crippen molar-refractivity contribution >= 4 is 26.1 Å². The van der Waals surface area contributed by atoms with Crippen molar-refractivity contribution in [3.63, 3.8) is 0 Å². The highest BCUT2D eigenvalue weighted by Crippen LogP contribution is 2.16. The van der Waals surface area contributed by atoms with Gasteiger partial charge in [0, 0.05) is 31.5 Å². The molecule has 1 aliphatic heterocycles. The lowest BCUT2D eigenvalue weighted by Crippen LogP contribution is -2.42. The van der Waals surface area contributed by atoms with Gasteiger partial charge in [-0.25, -0.2) is 0 Å². The van der Waals surface area contributed by atoms with E-state index < -0.39 is 10.2 Å². The molecule has 0 radical (unpaired) electrons. The molecule has 1 heterocycles. The number of halogens is 1. The van der Waals surface area contributed by atoms with Crippen LogP contribution in [0, 0.1) is 0 Å². The fraction of sp³-hybridized carbons (Fsp3) is 1.00. The molecule has 1 saturated heterocycles. The molecule has 1 rings (SSSR count). The van der Waals surface area contributed by atoms with Crippen molar-refractivity contribution in [3.05, 3.63) is 0 Å². The zero-order valence-electron chi connectivity index (χ0n) is 8.61. The second-order valence-corrected chi connectivity index (χ2v) is 7.27. The summed E-state index contributed by atoms with van der Waals surface area (Å²) in [7, 11) is -1.57. The second kappa shape index (κ2) is 4.92. The van der Waals surface area contributed by atoms with E-state index in [2.05, 4.69) is 15.9 Å². The van der Waals surface area contributed by atoms with Crippen molar-refractivity contribution in [1.82, 2.24) is 8.61 Å². The quantitative estimate of drug-likeness (QED) is 0.724. The van der Waals surface area contributed by atoms with E-state index in [1.807, 2.05) is 6.92 Å². The Balaban J connectivity index is 2.63. The Bertz CT molecular complexity index is 273. The first-order chi connectivity index (χ1) is 6.44. The molecule has 0 aromatic rings. The summed E-state index contributed by atoms with van der Waals surface area (Å²) in [4.78, 5) is 0.185. The van der Waals surface area contributed by atoms with Crippen molar-refractivity contribution in [2.24, 2.45) is 0 Å². The summed E-state index contributed by atoms with van der Waals surface area (Å²) in [5, 5.41) is 0. The highest BCUT2D eigenvalue weighted by Gasteiger charge is 2.29. The number of rotatable bonds is 4. The maximum Gasteiger partial charge on any atom is 0.281 e. The van der Waals surface area contributed by atoms with Crippen LogP contribution in [0.4, 0.5) is 0 Å². The lowest BCUT2D eigenvalue weighted by Gasteiger charge is -2.24. The molecule has 0 bridgehead atoms. The first-order valence-electron chi connectivity index (χ1n) is 4.80. The van der Waals surface area contributed by atoms with Crippen LogP contribution in [-0.2, 0) is 10.2 Å². The van der Waals surface area contributed by atoms with Gasteiger partial charge in [0.1, 0.15) is 0 Å². The van der Waals surface area contributed by atoms with E-state index in [9.17, 15) is 8.42 Å². The van der Waals surface area contributed by atoms with Gasteiger partial charge in [-0.1, -0.05) is 22.9 Å². The molecule has 14 heavy (non-hydrogen) atoms. The second-order valence-electron chi connectivity index (χ2n) is 3.68. The summed E-state index contributed by atoms with van der Waals surface area (Å²) in [5.41, 5.74) is 0. The van der Waals surface area contributed by atoms with Crippen molar-refractivity contribution in [2.45, 2.75) is 24.6 Å². The fourth-order valence-electron chi connectivity index (χ4n) is 1.56. The molecule has 0 spiro atoms. The number of hydrogen-bond acceptors (Lipinski definition) is 2. The SMILES string of the molecule is CC(Br)CN(C)S(=O)(=O)N1CCCC1. The van der Waals surface area contributed by atoms with Crippen LogP contribution < -0.4 is 0 Å². The highest BCUT2D eigenvalue weighted by molar-refractivity contribution is 9.09. The summed E-state index contributed by atoms with van der Waals surface area (Å²) >= 11 is 3.35. The molecule has 0 aromatic heterocycles. The summed E-state index contributed by atoms with van der Waals surface area (Å²) in [6.07, 6.45) is 1.97. The standard InChI is InChI=1S/C8H17BrN2O2S/c1-8(9)7-10(2)14(12,13)11-5-3-4-6-11/h8H,3-7H2,1-2H3. The zero-order valence-corrected chi connectivity index (χ0v) is 11.0. The van der Waals surface area contributed by atoms with E-state index in [0.29, 0.717) is 19.6 Å². The van der Waals surface area contributed by atoms with Gasteiger partial charge in [0.2, 0.25) is 0 Å². The Morgan fingerprint density at radius 1 is 1.43 bits per heavy atom. The van der Waals surface area contributed by atoms with Crippen LogP contribution in [0.5, 0.6) is 0 Å². The lowest BCUT2D eigenvalue weighted by atomic mass is 10.4. The van der Waals surface area contributed by atoms with E-state index in [-0.39, 0.29) is 4.83 Å². The number of alkyl halides is 1. The molecule has 0 aliphatic carbocycles. The summed E-state index contributed by atoms with van der Waals surface area (Å²) in [6, 6.07) is 0. The molecule has 1 fully saturated rings. The molecular formula is C8H17BrN2O2S. The maximum absolute atomic E-state index is 11.9. The monoisotopic (exact) mass is 284 g/mol. The van der Waals surface area contributed by atoms with Gasteiger partial charge in [0.05, 0.1) is 0 Å². The Labute approximate surface area is 94.6 Å². The summed E-state index contributed by atoms with van der Waals surface area (Å²) in [5.74, 6) is 0. The first kappa shape index (κ1) is 12.4. The van der Waals surface area contributed by atoms with Gasteiger partial charge in [-0.3, -0.25) is 0 Å². The molecule has 84 valence electrons. The van der Waals surface area contributed by atoms with Crippen LogP contribution in [0.2, 0.25) is 0 Å². The van der Waals surface area contributed by atoms with Gasteiger partial charge < -0.3 is 0 Å². The van der Waals surface area contributed by atoms with Gasteiger partial charge in [-0.15, -0.1) is 0 Å². The van der Waals surface area contributed by atoms with E-state index in [1.165, 1.54) is 4.31 Å². The van der Waals surface area contributed by atoms with Crippen molar-refractivity contribution < 1.29 is 8.42 Å². The van der Waals surface area contributed by atoms with Crippen LogP contribution >= 0.6 is 15.9 Å². The predicted molar refractivity (Wildman–Crippen MR) is 60.7 cm³/mol. The summed E-state index contributed by atoms with van der Waals surface area (Å²) < 4.78 is 26.8. The maximum atomic E-state index is 11.9. The molecule has 0 N–H and O–H groups in total. The summed E-state index contributed by atoms with van der Waals surface area (Å²) in [6.45, 7) is 3.79. The third kappa shape index (κ3) is 2.92. The van der Waals surface area contributed by atoms with Crippen LogP contribution in [0.15, 0.2) is 0 Å². The van der Waals surface area contributed by atoms with E-state index >= 15 is 0 Å². The van der Waals surface area contributed by atoms with Crippen LogP contribution in [0.3, 0.4) is 0 Å². The smallest absolute Gasteiger partial charge is 0.195 e. The van der Waals surface area contributed by atoms with Gasteiger partial charge in [0.25, 0.3) is 10.2 Å². The minimum atomic E-state index is -3.20. The normalized spacial score (nSPS) is 21.7. The van der Waals surface area contributed by atoms with Crippen molar-refractivity contribution in [2.75, 3.05) is 26.7 Å². The predicted octanol–water partition coefficient (Wildman–Crippen LogP) is 1.04. The Hall–Kier alpha value is 0.350. The average molecular weight is 285 g/mol. The van der Waals surface area contributed by atoms with Crippen molar-refractivity contribution in [3.8, 4) is 0 Å². The van der Waals surface area contributed by atoms with Gasteiger partial charge in [0.15, 0.2) is 0 Å². The number of hydrogen-bond donors (Lipinski definition) is 0. The molecule has 0 aromatic carbocycles. The topological polar surface area (TPSA) is 40.6 Å². The minimum Gasteiger partial charge on any atom is -0.195 e. The van der Waals surface area contributed by atoms with Crippen LogP contribution in [0.25, 0.3) is 0 Å². The molecule has 0 saturated carbocycles. The Morgan fingerprint density at radius 3 is 2.36 bits per heavy atom. The van der Waals surface area contributed by atoms with Gasteiger partial charge in [-0.2, -0.15) is 17.0 Å². The molecular weight excluding hydrogens is 268 g/mol. The van der Waals surface area contributed by atoms with E-state index in [1.54, 1.807) is 11.4 Å². The van der Waals surface area contributed by atoms with Gasteiger partial charge >= 0.3 is 0 Å². The lowest BCUT2D eigenvalue weighted by molar-refractivity contribution is 0.397. The zero-order chi connectivity index (χ0) is 10.8. The van der Waals surface area contributed by atoms with E-state index in [4.69, 9.17) is 0 Å². The van der Waals surface area contributed by atoms with Crippen molar-refractivity contribution in [1.29, 1.82) is 0 Å². The molecule has 1 atom stereocenters. The Morgan fingerprint density at radius 2 is 1.93 bits per heavy atom. The largest absolute Gasteiger partial charge is 0.281 e. The first-order valence-corrected chi connectivity index (χ1v) is 7.11. The van der Waals surface area contributed by atoms with Crippen LogP contribution in [0.1, 0.15) is 19.8 Å². The number of nitrogens with zero attached hydrogens (tertiary/aromatic N) is 2. The molecule has 0 amide bonds. The molecule has 1 aliphatic rings. The molecule has 1 unspecified atom stereocenters. The third-order valence-electron chi connectivity index (χ3n) is 2.29. The van der Waals surface area contributed by atoms with E-state index in [0.717, 1.165) is 12.8 Å². The minimum absolute atomic E-state index is 0.185.